The van der Waals surface area contributed by atoms with Crippen molar-refractivity contribution < 1.29 is 13.6 Å². The lowest BCUT2D eigenvalue weighted by molar-refractivity contribution is 0.0560. The molecule has 9 heteroatoms. The van der Waals surface area contributed by atoms with Crippen LogP contribution in [-0.2, 0) is 13.6 Å². The van der Waals surface area contributed by atoms with Gasteiger partial charge in [0.2, 0.25) is 0 Å². The molecule has 0 fully saturated rings. The van der Waals surface area contributed by atoms with Crippen molar-refractivity contribution in [3.8, 4) is 0 Å². The summed E-state index contributed by atoms with van der Waals surface area (Å²) >= 11 is 0. The second-order valence-corrected chi connectivity index (χ2v) is 14.2. The van der Waals surface area contributed by atoms with Crippen molar-refractivity contribution in [3.63, 3.8) is 0 Å². The Kier molecular flexibility index (Phi) is 22.4. The molecule has 0 spiro atoms. The summed E-state index contributed by atoms with van der Waals surface area (Å²) in [5.74, 6) is 2.51. The Hall–Kier alpha value is 1.71. The van der Waals surface area contributed by atoms with Gasteiger partial charge < -0.3 is 13.6 Å². The summed E-state index contributed by atoms with van der Waals surface area (Å²) in [6, 6.07) is 2.61. The van der Waals surface area contributed by atoms with E-state index in [0.717, 1.165) is 19.8 Å². The van der Waals surface area contributed by atoms with Gasteiger partial charge in [-0.1, -0.05) is 21.6 Å². The summed E-state index contributed by atoms with van der Waals surface area (Å²) in [6.45, 7) is 8.64. The highest BCUT2D eigenvalue weighted by Gasteiger charge is 1.97. The van der Waals surface area contributed by atoms with Crippen LogP contribution >= 0.6 is 41.2 Å². The summed E-state index contributed by atoms with van der Waals surface area (Å²) in [4.78, 5) is 0. The number of rotatable bonds is 18. The van der Waals surface area contributed by atoms with Crippen LogP contribution in [0.4, 0.5) is 0 Å². The molecule has 0 N–H and O–H groups in total. The van der Waals surface area contributed by atoms with Gasteiger partial charge in [0, 0.05) is 18.1 Å². The second-order valence-electron chi connectivity index (χ2n) is 4.92. The predicted molar refractivity (Wildman–Crippen MR) is 115 cm³/mol. The van der Waals surface area contributed by atoms with Crippen LogP contribution in [0.5, 0.6) is 0 Å². The van der Waals surface area contributed by atoms with Crippen molar-refractivity contribution >= 4 is 60.8 Å². The smallest absolute Gasteiger partial charge is 0.161 e. The number of ether oxygens (including phenoxy) is 1. The van der Waals surface area contributed by atoms with Gasteiger partial charge in [0.15, 0.2) is 19.5 Å². The first kappa shape index (κ1) is 23.7. The average Bonchev–Trinajstić information content (AvgIpc) is 2.50. The third-order valence-electron chi connectivity index (χ3n) is 2.54. The fraction of sp³-hybridized carbons (Fsp3) is 1.00. The van der Waals surface area contributed by atoms with E-state index in [1.54, 1.807) is 0 Å². The quantitative estimate of drug-likeness (QED) is 0.188. The van der Waals surface area contributed by atoms with Crippen LogP contribution in [0.15, 0.2) is 0 Å². The van der Waals surface area contributed by atoms with E-state index in [-0.39, 0.29) is 19.5 Å². The zero-order chi connectivity index (χ0) is 16.3. The number of hydrogen-bond acceptors (Lipinski definition) is 7. The van der Waals surface area contributed by atoms with Crippen molar-refractivity contribution in [1.82, 2.24) is 0 Å². The van der Waals surface area contributed by atoms with Crippen molar-refractivity contribution in [3.05, 3.63) is 0 Å². The molecule has 0 aliphatic carbocycles. The zero-order valence-corrected chi connectivity index (χ0v) is 20.3. The number of hydrogen-bond donors (Lipinski definition) is 0. The van der Waals surface area contributed by atoms with Crippen LogP contribution in [0, 0.1) is 0 Å². The molecule has 0 radical (unpaired) electrons. The van der Waals surface area contributed by atoms with E-state index in [1.807, 2.05) is 41.2 Å². The average molecular weight is 421 g/mol. The third-order valence-corrected chi connectivity index (χ3v) is 12.0. The zero-order valence-electron chi connectivity index (χ0n) is 14.2. The minimum Gasteiger partial charge on any atom is -0.424 e. The third kappa shape index (κ3) is 21.7. The van der Waals surface area contributed by atoms with Crippen LogP contribution in [0.2, 0.25) is 12.1 Å². The van der Waals surface area contributed by atoms with Gasteiger partial charge in [-0.25, -0.2) is 0 Å². The largest absolute Gasteiger partial charge is 0.424 e. The maximum Gasteiger partial charge on any atom is 0.161 e. The van der Waals surface area contributed by atoms with Gasteiger partial charge in [-0.05, 0) is 65.4 Å². The molecule has 0 aromatic heterocycles. The molecule has 22 heavy (non-hydrogen) atoms. The fourth-order valence-electron chi connectivity index (χ4n) is 1.43. The van der Waals surface area contributed by atoms with Gasteiger partial charge in [-0.2, -0.15) is 0 Å². The molecular formula is C13H32O3S4Si2. The molecule has 0 atom stereocenters. The van der Waals surface area contributed by atoms with Crippen molar-refractivity contribution in [2.24, 2.45) is 0 Å². The van der Waals surface area contributed by atoms with E-state index < -0.39 is 0 Å². The molecule has 0 aliphatic heterocycles. The van der Waals surface area contributed by atoms with E-state index in [4.69, 9.17) is 13.6 Å². The topological polar surface area (TPSA) is 27.7 Å². The van der Waals surface area contributed by atoms with E-state index in [0.29, 0.717) is 6.10 Å². The van der Waals surface area contributed by atoms with Crippen molar-refractivity contribution in [2.45, 2.75) is 51.8 Å². The Bertz CT molecular complexity index is 218. The summed E-state index contributed by atoms with van der Waals surface area (Å²) in [7, 11) is 7.31. The molecule has 0 heterocycles. The van der Waals surface area contributed by atoms with Gasteiger partial charge in [-0.3, -0.25) is 0 Å². The van der Waals surface area contributed by atoms with Gasteiger partial charge in [0.1, 0.15) is 0 Å². The molecule has 0 aromatic rings. The Morgan fingerprint density at radius 1 is 0.864 bits per heavy atom. The van der Waals surface area contributed by atoms with Crippen LogP contribution in [0.3, 0.4) is 0 Å². The highest BCUT2D eigenvalue weighted by Crippen LogP contribution is 2.43. The summed E-state index contributed by atoms with van der Waals surface area (Å²) in [6.07, 6.45) is 2.93. The Morgan fingerprint density at radius 3 is 2.00 bits per heavy atom. The molecular weight excluding hydrogens is 389 g/mol. The lowest BCUT2D eigenvalue weighted by Crippen LogP contribution is -2.11. The van der Waals surface area contributed by atoms with Crippen LogP contribution in [-0.4, -0.2) is 57.0 Å². The van der Waals surface area contributed by atoms with Gasteiger partial charge in [0.25, 0.3) is 0 Å². The minimum atomic E-state index is -0.314. The summed E-state index contributed by atoms with van der Waals surface area (Å²) in [5.41, 5.74) is 0. The highest BCUT2D eigenvalue weighted by molar-refractivity contribution is 9.26. The Labute approximate surface area is 157 Å². The minimum absolute atomic E-state index is 0.205. The molecule has 0 saturated heterocycles. The predicted octanol–water partition coefficient (Wildman–Crippen LogP) is 3.93. The van der Waals surface area contributed by atoms with Gasteiger partial charge >= 0.3 is 0 Å². The second kappa shape index (κ2) is 20.8. The van der Waals surface area contributed by atoms with Crippen molar-refractivity contribution in [2.75, 3.05) is 31.3 Å². The first-order valence-corrected chi connectivity index (χ1v) is 16.4. The van der Waals surface area contributed by atoms with E-state index in [9.17, 15) is 0 Å². The molecule has 0 aromatic carbocycles. The molecule has 3 nitrogen and oxygen atoms in total. The van der Waals surface area contributed by atoms with Gasteiger partial charge in [-0.15, -0.1) is 0 Å². The molecule has 0 amide bonds. The maximum atomic E-state index is 5.67. The van der Waals surface area contributed by atoms with Crippen LogP contribution in [0.25, 0.3) is 0 Å². The van der Waals surface area contributed by atoms with E-state index in [1.165, 1.54) is 36.4 Å². The SMILES string of the molecule is CCO[SiH2]CCCSSSSCCC[SiH2]OCCOC(C)C. The first-order chi connectivity index (χ1) is 10.8. The van der Waals surface area contributed by atoms with Crippen LogP contribution in [0.1, 0.15) is 33.6 Å². The monoisotopic (exact) mass is 420 g/mol. The fourth-order valence-corrected chi connectivity index (χ4v) is 10.3. The maximum absolute atomic E-state index is 5.67. The van der Waals surface area contributed by atoms with Gasteiger partial charge in [0.05, 0.1) is 19.3 Å². The lowest BCUT2D eigenvalue weighted by atomic mass is 10.5. The van der Waals surface area contributed by atoms with E-state index in [2.05, 4.69) is 20.8 Å². The molecule has 0 aliphatic rings. The van der Waals surface area contributed by atoms with E-state index >= 15 is 0 Å². The van der Waals surface area contributed by atoms with Crippen LogP contribution < -0.4 is 0 Å². The first-order valence-electron chi connectivity index (χ1n) is 8.12. The Morgan fingerprint density at radius 2 is 1.45 bits per heavy atom. The summed E-state index contributed by atoms with van der Waals surface area (Å²) in [5, 5.41) is 0. The lowest BCUT2D eigenvalue weighted by Gasteiger charge is -2.07. The standard InChI is InChI=1S/C13H32O3S4Si2/c1-4-15-21-11-5-9-17-19-20-18-10-6-12-22-16-8-7-14-13(2)3/h13H,4-12,21-22H2,1-3H3. The van der Waals surface area contributed by atoms with Crippen molar-refractivity contribution in [1.29, 1.82) is 0 Å². The normalized spacial score (nSPS) is 12.5. The molecule has 0 unspecified atom stereocenters. The summed E-state index contributed by atoms with van der Waals surface area (Å²) < 4.78 is 16.6. The Balaban J connectivity index is 2.94. The molecule has 0 saturated carbocycles. The molecule has 134 valence electrons. The molecule has 0 bridgehead atoms. The molecule has 0 rings (SSSR count). The highest BCUT2D eigenvalue weighted by atomic mass is 33.7.